The summed E-state index contributed by atoms with van der Waals surface area (Å²) in [4.78, 5) is 35.2. The van der Waals surface area contributed by atoms with Crippen LogP contribution >= 0.6 is 0 Å². The van der Waals surface area contributed by atoms with E-state index < -0.39 is 23.8 Å². The fraction of sp³-hybridized carbons (Fsp3) is 0.750. The Morgan fingerprint density at radius 1 is 1.11 bits per heavy atom. The lowest BCUT2D eigenvalue weighted by Gasteiger charge is -2.33. The highest BCUT2D eigenvalue weighted by Crippen LogP contribution is 2.31. The third kappa shape index (κ3) is 2.47. The van der Waals surface area contributed by atoms with E-state index in [-0.39, 0.29) is 24.9 Å². The van der Waals surface area contributed by atoms with Crippen molar-refractivity contribution in [3.05, 3.63) is 0 Å². The van der Waals surface area contributed by atoms with E-state index in [0.717, 1.165) is 12.8 Å². The van der Waals surface area contributed by atoms with Gasteiger partial charge in [-0.25, -0.2) is 0 Å². The first-order valence-electron chi connectivity index (χ1n) is 6.24. The van der Waals surface area contributed by atoms with Gasteiger partial charge in [0.15, 0.2) is 0 Å². The fourth-order valence-electron chi connectivity index (χ4n) is 2.92. The normalized spacial score (nSPS) is 32.6. The highest BCUT2D eigenvalue weighted by molar-refractivity contribution is 5.86. The summed E-state index contributed by atoms with van der Waals surface area (Å²) >= 11 is 0. The Balaban J connectivity index is 2.01. The summed E-state index contributed by atoms with van der Waals surface area (Å²) in [6.45, 7) is 0.227. The minimum absolute atomic E-state index is 0.0452. The lowest BCUT2D eigenvalue weighted by molar-refractivity contribution is -0.145. The molecule has 1 saturated carbocycles. The van der Waals surface area contributed by atoms with Gasteiger partial charge in [-0.2, -0.15) is 0 Å². The summed E-state index contributed by atoms with van der Waals surface area (Å²) < 4.78 is 0. The molecule has 1 aliphatic heterocycles. The maximum absolute atomic E-state index is 11.8. The van der Waals surface area contributed by atoms with Crippen LogP contribution in [0.3, 0.4) is 0 Å². The van der Waals surface area contributed by atoms with Crippen LogP contribution in [0.15, 0.2) is 0 Å². The van der Waals surface area contributed by atoms with Gasteiger partial charge in [0.2, 0.25) is 5.91 Å². The van der Waals surface area contributed by atoms with Gasteiger partial charge in [0, 0.05) is 19.0 Å². The van der Waals surface area contributed by atoms with Gasteiger partial charge in [0.05, 0.1) is 11.8 Å². The third-order valence-corrected chi connectivity index (χ3v) is 3.94. The number of amides is 1. The number of likely N-dealkylation sites (tertiary alicyclic amines) is 1. The summed E-state index contributed by atoms with van der Waals surface area (Å²) in [6, 6.07) is -0.100. The van der Waals surface area contributed by atoms with Crippen molar-refractivity contribution in [2.24, 2.45) is 11.8 Å². The zero-order chi connectivity index (χ0) is 13.3. The molecule has 2 N–H and O–H groups in total. The number of carbonyl (C=O) groups is 3. The second-order valence-corrected chi connectivity index (χ2v) is 5.14. The Morgan fingerprint density at radius 3 is 2.33 bits per heavy atom. The van der Waals surface area contributed by atoms with E-state index in [1.165, 1.54) is 0 Å². The summed E-state index contributed by atoms with van der Waals surface area (Å²) in [5.41, 5.74) is 0. The van der Waals surface area contributed by atoms with E-state index >= 15 is 0 Å². The van der Waals surface area contributed by atoms with Crippen molar-refractivity contribution < 1.29 is 24.6 Å². The van der Waals surface area contributed by atoms with Gasteiger partial charge in [-0.15, -0.1) is 0 Å². The molecule has 0 spiro atoms. The summed E-state index contributed by atoms with van der Waals surface area (Å²) in [5, 5.41) is 17.9. The van der Waals surface area contributed by atoms with Crippen LogP contribution in [0, 0.1) is 11.8 Å². The molecule has 0 aromatic heterocycles. The molecule has 2 rings (SSSR count). The highest BCUT2D eigenvalue weighted by atomic mass is 16.4. The van der Waals surface area contributed by atoms with E-state index in [1.54, 1.807) is 4.90 Å². The van der Waals surface area contributed by atoms with Crippen molar-refractivity contribution in [3.8, 4) is 0 Å². The van der Waals surface area contributed by atoms with Crippen LogP contribution in [-0.4, -0.2) is 45.5 Å². The largest absolute Gasteiger partial charge is 0.481 e. The molecule has 2 fully saturated rings. The van der Waals surface area contributed by atoms with Gasteiger partial charge in [-0.3, -0.25) is 14.4 Å². The molecule has 0 bridgehead atoms. The van der Waals surface area contributed by atoms with Gasteiger partial charge in [0.1, 0.15) is 0 Å². The second kappa shape index (κ2) is 4.96. The van der Waals surface area contributed by atoms with E-state index in [0.29, 0.717) is 12.8 Å². The minimum Gasteiger partial charge on any atom is -0.481 e. The van der Waals surface area contributed by atoms with Crippen molar-refractivity contribution >= 4 is 17.8 Å². The Kier molecular flexibility index (Phi) is 3.54. The number of carboxylic acid groups (broad SMARTS) is 2. The lowest BCUT2D eigenvalue weighted by atomic mass is 9.85. The van der Waals surface area contributed by atoms with Gasteiger partial charge >= 0.3 is 11.9 Å². The van der Waals surface area contributed by atoms with E-state index in [2.05, 4.69) is 0 Å². The van der Waals surface area contributed by atoms with E-state index in [9.17, 15) is 14.4 Å². The predicted octanol–water partition coefficient (Wildman–Crippen LogP) is 0.563. The number of rotatable bonds is 3. The van der Waals surface area contributed by atoms with Crippen molar-refractivity contribution in [2.75, 3.05) is 6.54 Å². The first-order chi connectivity index (χ1) is 8.49. The summed E-state index contributed by atoms with van der Waals surface area (Å²) in [7, 11) is 0. The van der Waals surface area contributed by atoms with Crippen molar-refractivity contribution in [2.45, 2.75) is 38.1 Å². The number of nitrogens with zero attached hydrogens (tertiary/aromatic N) is 1. The Morgan fingerprint density at radius 2 is 1.78 bits per heavy atom. The molecular formula is C12H17NO5. The van der Waals surface area contributed by atoms with Crippen LogP contribution in [0.5, 0.6) is 0 Å². The maximum atomic E-state index is 11.8. The number of aliphatic carboxylic acids is 2. The Labute approximate surface area is 105 Å². The van der Waals surface area contributed by atoms with Crippen LogP contribution in [-0.2, 0) is 14.4 Å². The van der Waals surface area contributed by atoms with E-state index in [1.807, 2.05) is 0 Å². The first-order valence-corrected chi connectivity index (χ1v) is 6.24. The SMILES string of the molecule is O=C(O)C1CCCC(N2CC(C(=O)O)CC2=O)C1. The average Bonchev–Trinajstić information content (AvgIpc) is 2.72. The van der Waals surface area contributed by atoms with Gasteiger partial charge in [-0.1, -0.05) is 6.42 Å². The van der Waals surface area contributed by atoms with Gasteiger partial charge < -0.3 is 15.1 Å². The molecule has 1 heterocycles. The first kappa shape index (κ1) is 12.9. The maximum Gasteiger partial charge on any atom is 0.308 e. The molecule has 1 saturated heterocycles. The zero-order valence-electron chi connectivity index (χ0n) is 10.0. The van der Waals surface area contributed by atoms with E-state index in [4.69, 9.17) is 10.2 Å². The summed E-state index contributed by atoms with van der Waals surface area (Å²) in [6.07, 6.45) is 2.71. The molecule has 6 nitrogen and oxygen atoms in total. The molecule has 0 aromatic rings. The molecule has 0 aromatic carbocycles. The molecule has 3 atom stereocenters. The molecule has 1 aliphatic carbocycles. The average molecular weight is 255 g/mol. The van der Waals surface area contributed by atoms with Crippen LogP contribution < -0.4 is 0 Å². The quantitative estimate of drug-likeness (QED) is 0.768. The van der Waals surface area contributed by atoms with Gasteiger partial charge in [0.25, 0.3) is 0 Å². The Hall–Kier alpha value is -1.59. The van der Waals surface area contributed by atoms with Crippen LogP contribution in [0.4, 0.5) is 0 Å². The molecule has 0 radical (unpaired) electrons. The Bertz CT molecular complexity index is 381. The molecule has 100 valence electrons. The number of carboxylic acids is 2. The monoisotopic (exact) mass is 255 g/mol. The van der Waals surface area contributed by atoms with Gasteiger partial charge in [-0.05, 0) is 19.3 Å². The number of hydrogen-bond acceptors (Lipinski definition) is 3. The molecule has 2 aliphatic rings. The lowest BCUT2D eigenvalue weighted by Crippen LogP contribution is -2.41. The third-order valence-electron chi connectivity index (χ3n) is 3.94. The van der Waals surface area contributed by atoms with Crippen LogP contribution in [0.25, 0.3) is 0 Å². The molecule has 1 amide bonds. The highest BCUT2D eigenvalue weighted by Gasteiger charge is 2.40. The molecule has 3 unspecified atom stereocenters. The predicted molar refractivity (Wildman–Crippen MR) is 60.8 cm³/mol. The topological polar surface area (TPSA) is 94.9 Å². The minimum atomic E-state index is -0.948. The van der Waals surface area contributed by atoms with Crippen molar-refractivity contribution in [1.29, 1.82) is 0 Å². The number of carbonyl (C=O) groups excluding carboxylic acids is 1. The van der Waals surface area contributed by atoms with Crippen molar-refractivity contribution in [1.82, 2.24) is 4.90 Å². The number of hydrogen-bond donors (Lipinski definition) is 2. The van der Waals surface area contributed by atoms with Crippen molar-refractivity contribution in [3.63, 3.8) is 0 Å². The smallest absolute Gasteiger partial charge is 0.308 e. The van der Waals surface area contributed by atoms with Crippen LogP contribution in [0.2, 0.25) is 0 Å². The standard InChI is InChI=1S/C12H17NO5/c14-10-5-8(12(17)18)6-13(10)9-3-1-2-7(4-9)11(15)16/h7-9H,1-6H2,(H,15,16)(H,17,18). The molecule has 18 heavy (non-hydrogen) atoms. The zero-order valence-corrected chi connectivity index (χ0v) is 10.0. The molecular weight excluding hydrogens is 238 g/mol. The molecule has 6 heteroatoms. The fourth-order valence-corrected chi connectivity index (χ4v) is 2.92. The second-order valence-electron chi connectivity index (χ2n) is 5.14. The summed E-state index contributed by atoms with van der Waals surface area (Å²) in [5.74, 6) is -2.96. The van der Waals surface area contributed by atoms with Crippen LogP contribution in [0.1, 0.15) is 32.1 Å².